The molecule has 3 aromatic heterocycles. The lowest BCUT2D eigenvalue weighted by Gasteiger charge is -2.08. The summed E-state index contributed by atoms with van der Waals surface area (Å²) in [5.41, 5.74) is 3.24. The van der Waals surface area contributed by atoms with E-state index in [1.54, 1.807) is 27.4 Å². The quantitative estimate of drug-likeness (QED) is 0.531. The largest absolute Gasteiger partial charge is 0.321 e. The number of nitrogens with zero attached hydrogens (tertiary/aromatic N) is 4. The molecule has 8 heteroatoms. The number of aryl methyl sites for hydroxylation is 2. The van der Waals surface area contributed by atoms with Crippen LogP contribution >= 0.6 is 27.5 Å². The SMILES string of the molecule is Cc1cn2cc(NC(=O)c3ccc(Br)c4cn(C)nc34)cc(Cl)c2n1. The minimum Gasteiger partial charge on any atom is -0.321 e. The number of anilines is 1. The predicted molar refractivity (Wildman–Crippen MR) is 101 cm³/mol. The van der Waals surface area contributed by atoms with Gasteiger partial charge < -0.3 is 9.72 Å². The van der Waals surface area contributed by atoms with Crippen molar-refractivity contribution in [3.8, 4) is 0 Å². The highest BCUT2D eigenvalue weighted by Gasteiger charge is 2.16. The fourth-order valence-corrected chi connectivity index (χ4v) is 3.50. The first-order valence-electron chi connectivity index (χ1n) is 7.50. The van der Waals surface area contributed by atoms with E-state index in [2.05, 4.69) is 31.3 Å². The number of aromatic nitrogens is 4. The van der Waals surface area contributed by atoms with Crippen LogP contribution in [-0.2, 0) is 7.05 Å². The maximum Gasteiger partial charge on any atom is 0.257 e. The van der Waals surface area contributed by atoms with Crippen LogP contribution in [0.2, 0.25) is 5.02 Å². The first kappa shape index (κ1) is 16.1. The van der Waals surface area contributed by atoms with Crippen molar-refractivity contribution in [3.63, 3.8) is 0 Å². The van der Waals surface area contributed by atoms with E-state index >= 15 is 0 Å². The van der Waals surface area contributed by atoms with Gasteiger partial charge in [0, 0.05) is 35.5 Å². The summed E-state index contributed by atoms with van der Waals surface area (Å²) in [7, 11) is 1.82. The molecule has 0 aliphatic rings. The third-order valence-electron chi connectivity index (χ3n) is 3.87. The Morgan fingerprint density at radius 3 is 2.88 bits per heavy atom. The number of rotatable bonds is 2. The van der Waals surface area contributed by atoms with Gasteiger partial charge >= 0.3 is 0 Å². The van der Waals surface area contributed by atoms with Crippen LogP contribution in [0, 0.1) is 6.92 Å². The van der Waals surface area contributed by atoms with Gasteiger partial charge in [0.05, 0.1) is 22.0 Å². The standard InChI is InChI=1S/C17H13BrClN5O/c1-9-6-24-7-10(5-14(19)16(24)20-9)21-17(25)11-3-4-13(18)12-8-23(2)22-15(11)12/h3-8H,1-2H3,(H,21,25). The maximum atomic E-state index is 12.8. The summed E-state index contributed by atoms with van der Waals surface area (Å²) in [6.07, 6.45) is 5.51. The summed E-state index contributed by atoms with van der Waals surface area (Å²) in [5.74, 6) is -0.247. The summed E-state index contributed by atoms with van der Waals surface area (Å²) in [6, 6.07) is 5.28. The molecule has 1 amide bonds. The average Bonchev–Trinajstić information content (AvgIpc) is 3.10. The Bertz CT molecular complexity index is 1150. The van der Waals surface area contributed by atoms with Crippen LogP contribution in [0.25, 0.3) is 16.6 Å². The molecule has 0 atom stereocenters. The topological polar surface area (TPSA) is 64.2 Å². The van der Waals surface area contributed by atoms with Crippen molar-refractivity contribution in [3.05, 3.63) is 57.5 Å². The number of hydrogen-bond donors (Lipinski definition) is 1. The minimum absolute atomic E-state index is 0.247. The van der Waals surface area contributed by atoms with Crippen LogP contribution in [0.5, 0.6) is 0 Å². The molecule has 4 rings (SSSR count). The second kappa shape index (κ2) is 5.86. The lowest BCUT2D eigenvalue weighted by molar-refractivity contribution is 0.102. The molecule has 126 valence electrons. The summed E-state index contributed by atoms with van der Waals surface area (Å²) >= 11 is 9.75. The number of benzene rings is 1. The molecule has 1 N–H and O–H groups in total. The Morgan fingerprint density at radius 2 is 2.08 bits per heavy atom. The third kappa shape index (κ3) is 2.79. The van der Waals surface area contributed by atoms with Crippen molar-refractivity contribution in [2.75, 3.05) is 5.32 Å². The maximum absolute atomic E-state index is 12.8. The number of imidazole rings is 1. The van der Waals surface area contributed by atoms with Gasteiger partial charge in [0.1, 0.15) is 5.52 Å². The van der Waals surface area contributed by atoms with Crippen LogP contribution in [0.1, 0.15) is 16.1 Å². The smallest absolute Gasteiger partial charge is 0.257 e. The summed E-state index contributed by atoms with van der Waals surface area (Å²) < 4.78 is 4.37. The highest BCUT2D eigenvalue weighted by molar-refractivity contribution is 9.10. The molecule has 0 saturated carbocycles. The molecule has 6 nitrogen and oxygen atoms in total. The monoisotopic (exact) mass is 417 g/mol. The molecule has 0 aliphatic carbocycles. The van der Waals surface area contributed by atoms with Crippen molar-refractivity contribution < 1.29 is 4.79 Å². The average molecular weight is 419 g/mol. The summed E-state index contributed by atoms with van der Waals surface area (Å²) in [6.45, 7) is 1.89. The molecule has 1 aromatic carbocycles. The fourth-order valence-electron chi connectivity index (χ4n) is 2.82. The second-order valence-electron chi connectivity index (χ2n) is 5.80. The number of carbonyl (C=O) groups excluding carboxylic acids is 1. The highest BCUT2D eigenvalue weighted by Crippen LogP contribution is 2.27. The van der Waals surface area contributed by atoms with E-state index in [9.17, 15) is 4.79 Å². The number of hydrogen-bond acceptors (Lipinski definition) is 3. The van der Waals surface area contributed by atoms with Crippen molar-refractivity contribution >= 4 is 55.7 Å². The Kier molecular flexibility index (Phi) is 3.77. The molecule has 0 bridgehead atoms. The van der Waals surface area contributed by atoms with Gasteiger partial charge in [-0.25, -0.2) is 4.98 Å². The van der Waals surface area contributed by atoms with Crippen molar-refractivity contribution in [1.82, 2.24) is 19.2 Å². The molecule has 0 unspecified atom stereocenters. The number of fused-ring (bicyclic) bond motifs is 2. The Morgan fingerprint density at radius 1 is 1.28 bits per heavy atom. The fraction of sp³-hybridized carbons (Fsp3) is 0.118. The highest BCUT2D eigenvalue weighted by atomic mass is 79.9. The van der Waals surface area contributed by atoms with Gasteiger partial charge in [-0.1, -0.05) is 27.5 Å². The molecule has 0 radical (unpaired) electrons. The zero-order valence-electron chi connectivity index (χ0n) is 13.4. The van der Waals surface area contributed by atoms with E-state index in [0.717, 1.165) is 15.6 Å². The number of nitrogens with one attached hydrogen (secondary N) is 1. The van der Waals surface area contributed by atoms with E-state index in [-0.39, 0.29) is 5.91 Å². The van der Waals surface area contributed by atoms with Gasteiger partial charge in [-0.2, -0.15) is 5.10 Å². The molecule has 0 spiro atoms. The molecular formula is C17H13BrClN5O. The molecule has 0 aliphatic heterocycles. The van der Waals surface area contributed by atoms with Gasteiger partial charge in [-0.15, -0.1) is 0 Å². The molecule has 0 saturated heterocycles. The Balaban J connectivity index is 1.74. The number of halogens is 2. The Labute approximate surface area is 156 Å². The summed E-state index contributed by atoms with van der Waals surface area (Å²) in [5, 5.41) is 8.64. The number of pyridine rings is 1. The van der Waals surface area contributed by atoms with E-state index in [1.807, 2.05) is 32.4 Å². The van der Waals surface area contributed by atoms with Crippen molar-refractivity contribution in [2.45, 2.75) is 6.92 Å². The minimum atomic E-state index is -0.247. The van der Waals surface area contributed by atoms with Gasteiger partial charge in [0.2, 0.25) is 0 Å². The van der Waals surface area contributed by atoms with E-state index in [0.29, 0.717) is 27.4 Å². The predicted octanol–water partition coefficient (Wildman–Crippen LogP) is 4.20. The molecule has 3 heterocycles. The van der Waals surface area contributed by atoms with Gasteiger partial charge in [-0.3, -0.25) is 9.48 Å². The third-order valence-corrected chi connectivity index (χ3v) is 4.84. The Hall–Kier alpha value is -2.38. The summed E-state index contributed by atoms with van der Waals surface area (Å²) in [4.78, 5) is 17.1. The van der Waals surface area contributed by atoms with Gasteiger partial charge in [0.25, 0.3) is 5.91 Å². The van der Waals surface area contributed by atoms with Crippen LogP contribution in [0.3, 0.4) is 0 Å². The lowest BCUT2D eigenvalue weighted by atomic mass is 10.1. The van der Waals surface area contributed by atoms with Gasteiger partial charge in [-0.05, 0) is 25.1 Å². The molecule has 25 heavy (non-hydrogen) atoms. The van der Waals surface area contributed by atoms with E-state index in [1.165, 1.54) is 0 Å². The first-order valence-corrected chi connectivity index (χ1v) is 8.67. The van der Waals surface area contributed by atoms with E-state index in [4.69, 9.17) is 11.6 Å². The van der Waals surface area contributed by atoms with Crippen LogP contribution < -0.4 is 5.32 Å². The first-order chi connectivity index (χ1) is 11.9. The normalized spacial score (nSPS) is 11.4. The zero-order valence-corrected chi connectivity index (χ0v) is 15.8. The van der Waals surface area contributed by atoms with Gasteiger partial charge in [0.15, 0.2) is 5.65 Å². The molecular weight excluding hydrogens is 406 g/mol. The van der Waals surface area contributed by atoms with Crippen molar-refractivity contribution in [1.29, 1.82) is 0 Å². The van der Waals surface area contributed by atoms with E-state index < -0.39 is 0 Å². The number of amides is 1. The molecule has 0 fully saturated rings. The van der Waals surface area contributed by atoms with Crippen LogP contribution in [-0.4, -0.2) is 25.1 Å². The zero-order chi connectivity index (χ0) is 17.7. The number of carbonyl (C=O) groups is 1. The van der Waals surface area contributed by atoms with Crippen LogP contribution in [0.15, 0.2) is 41.3 Å². The second-order valence-corrected chi connectivity index (χ2v) is 7.07. The van der Waals surface area contributed by atoms with Crippen LogP contribution in [0.4, 0.5) is 5.69 Å². The lowest BCUT2D eigenvalue weighted by Crippen LogP contribution is -2.13. The molecule has 4 aromatic rings. The van der Waals surface area contributed by atoms with Crippen molar-refractivity contribution in [2.24, 2.45) is 7.05 Å².